The molecule has 0 amide bonds. The molecule has 3 heterocycles. The van der Waals surface area contributed by atoms with Crippen LogP contribution in [0.5, 0.6) is 11.5 Å². The third-order valence-corrected chi connectivity index (χ3v) is 13.1. The molecule has 9 aromatic rings. The molecule has 1 aliphatic heterocycles. The maximum atomic E-state index is 6.97. The molecule has 0 bridgehead atoms. The summed E-state index contributed by atoms with van der Waals surface area (Å²) in [6.07, 6.45) is 6.69. The van der Waals surface area contributed by atoms with E-state index in [1.807, 2.05) is 18.2 Å². The van der Waals surface area contributed by atoms with Crippen LogP contribution in [-0.4, -0.2) is 15.0 Å². The number of nitrogens with zero attached hydrogens (tertiary/aromatic N) is 3. The molecule has 5 heteroatoms. The zero-order valence-corrected chi connectivity index (χ0v) is 31.6. The van der Waals surface area contributed by atoms with E-state index in [9.17, 15) is 0 Å². The van der Waals surface area contributed by atoms with Crippen molar-refractivity contribution in [3.05, 3.63) is 204 Å². The highest BCUT2D eigenvalue weighted by atomic mass is 32.1. The zero-order valence-electron chi connectivity index (χ0n) is 30.8. The molecule has 12 rings (SSSR count). The fraction of sp³-hybridized carbons (Fsp3) is 0.0577. The van der Waals surface area contributed by atoms with Gasteiger partial charge < -0.3 is 4.74 Å². The largest absolute Gasteiger partial charge is 0.456 e. The van der Waals surface area contributed by atoms with Gasteiger partial charge in [0.1, 0.15) is 11.5 Å². The Kier molecular flexibility index (Phi) is 7.10. The van der Waals surface area contributed by atoms with Crippen molar-refractivity contribution in [2.45, 2.75) is 18.3 Å². The minimum absolute atomic E-state index is 0.426. The van der Waals surface area contributed by atoms with E-state index >= 15 is 0 Å². The molecule has 1 unspecified atom stereocenters. The molecule has 0 radical (unpaired) electrons. The first-order chi connectivity index (χ1) is 28.2. The highest BCUT2D eigenvalue weighted by Crippen LogP contribution is 2.63. The molecule has 0 fully saturated rings. The normalized spacial score (nSPS) is 16.4. The molecule has 0 saturated heterocycles. The van der Waals surface area contributed by atoms with Crippen LogP contribution in [0.15, 0.2) is 182 Å². The fourth-order valence-corrected chi connectivity index (χ4v) is 10.6. The molecular weight excluding hydrogens is 715 g/mol. The van der Waals surface area contributed by atoms with Gasteiger partial charge in [0.25, 0.3) is 0 Å². The molecule has 4 nitrogen and oxygen atoms in total. The van der Waals surface area contributed by atoms with Crippen LogP contribution in [0.2, 0.25) is 0 Å². The predicted octanol–water partition coefficient (Wildman–Crippen LogP) is 13.5. The average Bonchev–Trinajstić information content (AvgIpc) is 3.80. The first-order valence-electron chi connectivity index (χ1n) is 19.5. The maximum absolute atomic E-state index is 6.97. The van der Waals surface area contributed by atoms with Crippen LogP contribution in [0, 0.1) is 0 Å². The summed E-state index contributed by atoms with van der Waals surface area (Å²) in [7, 11) is 0. The van der Waals surface area contributed by atoms with E-state index in [1.165, 1.54) is 53.6 Å². The van der Waals surface area contributed by atoms with E-state index in [0.717, 1.165) is 52.2 Å². The molecule has 268 valence electrons. The number of thiophene rings is 1. The second kappa shape index (κ2) is 12.5. The zero-order chi connectivity index (χ0) is 37.5. The minimum Gasteiger partial charge on any atom is -0.456 e. The Balaban J connectivity index is 0.988. The number of rotatable bonds is 4. The molecule has 2 aromatic heterocycles. The summed E-state index contributed by atoms with van der Waals surface area (Å²) in [5.41, 5.74) is 12.4. The molecule has 0 N–H and O–H groups in total. The van der Waals surface area contributed by atoms with Gasteiger partial charge in [-0.25, -0.2) is 15.0 Å². The minimum atomic E-state index is -0.426. The SMILES string of the molecule is C1=CC2=C(CC1)C1(c3ccccc3Oc3c(-c4ccc(-c5nc(-c6ccccc6)nc(-c6ccc7c(c6)sc6ccccc67)n5)cc4)cccc31)c1ccccc12. The van der Waals surface area contributed by atoms with Crippen LogP contribution < -0.4 is 4.74 Å². The van der Waals surface area contributed by atoms with Crippen LogP contribution >= 0.6 is 11.3 Å². The van der Waals surface area contributed by atoms with Gasteiger partial charge in [0, 0.05) is 53.6 Å². The van der Waals surface area contributed by atoms with Crippen molar-refractivity contribution in [1.82, 2.24) is 15.0 Å². The lowest BCUT2D eigenvalue weighted by molar-refractivity contribution is 0.433. The smallest absolute Gasteiger partial charge is 0.164 e. The van der Waals surface area contributed by atoms with Crippen LogP contribution in [-0.2, 0) is 5.41 Å². The van der Waals surface area contributed by atoms with Gasteiger partial charge in [-0.05, 0) is 58.9 Å². The Hall–Kier alpha value is -6.95. The summed E-state index contributed by atoms with van der Waals surface area (Å²) in [5, 5.41) is 2.52. The van der Waals surface area contributed by atoms with Gasteiger partial charge in [-0.1, -0.05) is 158 Å². The Morgan fingerprint density at radius 2 is 1.12 bits per heavy atom. The van der Waals surface area contributed by atoms with E-state index in [4.69, 9.17) is 19.7 Å². The highest BCUT2D eigenvalue weighted by molar-refractivity contribution is 7.25. The topological polar surface area (TPSA) is 47.9 Å². The quantitative estimate of drug-likeness (QED) is 0.180. The number of ether oxygens (including phenoxy) is 1. The second-order valence-corrected chi connectivity index (χ2v) is 16.1. The van der Waals surface area contributed by atoms with E-state index < -0.39 is 5.41 Å². The van der Waals surface area contributed by atoms with Gasteiger partial charge in [0.15, 0.2) is 17.5 Å². The summed E-state index contributed by atoms with van der Waals surface area (Å²) in [6.45, 7) is 0. The van der Waals surface area contributed by atoms with E-state index in [-0.39, 0.29) is 0 Å². The Morgan fingerprint density at radius 3 is 1.98 bits per heavy atom. The number of fused-ring (bicyclic) bond motifs is 11. The fourth-order valence-electron chi connectivity index (χ4n) is 9.43. The van der Waals surface area contributed by atoms with Crippen molar-refractivity contribution in [2.24, 2.45) is 0 Å². The van der Waals surface area contributed by atoms with Gasteiger partial charge in [-0.15, -0.1) is 11.3 Å². The lowest BCUT2D eigenvalue weighted by Crippen LogP contribution is -2.33. The van der Waals surface area contributed by atoms with Crippen molar-refractivity contribution < 1.29 is 4.74 Å². The van der Waals surface area contributed by atoms with Crippen LogP contribution in [0.1, 0.15) is 35.1 Å². The summed E-state index contributed by atoms with van der Waals surface area (Å²) >= 11 is 1.80. The van der Waals surface area contributed by atoms with Crippen LogP contribution in [0.25, 0.3) is 71.0 Å². The van der Waals surface area contributed by atoms with Gasteiger partial charge in [0.05, 0.1) is 5.41 Å². The molecule has 57 heavy (non-hydrogen) atoms. The number of benzene rings is 7. The molecule has 2 aliphatic carbocycles. The number of aromatic nitrogens is 3. The van der Waals surface area contributed by atoms with Crippen molar-refractivity contribution in [3.63, 3.8) is 0 Å². The van der Waals surface area contributed by atoms with Crippen molar-refractivity contribution in [2.75, 3.05) is 0 Å². The molecule has 1 atom stereocenters. The number of para-hydroxylation sites is 2. The maximum Gasteiger partial charge on any atom is 0.164 e. The number of hydrogen-bond donors (Lipinski definition) is 0. The standard InChI is InChI=1S/C52H33N3OS/c1-2-13-33(14-3-1)49-53-50(55-51(54-49)35-29-30-40-39-17-6-11-24-46(39)57-47(40)31-35)34-27-25-32(26-28-34)36-18-12-22-44-48(36)56-45-23-10-9-21-43(45)52(44)41-19-7-4-15-37(41)38-16-5-8-20-42(38)52/h1-7,9-19,21-31H,8,20H2. The van der Waals surface area contributed by atoms with E-state index in [2.05, 4.69) is 158 Å². The molecule has 1 spiro atoms. The molecule has 7 aromatic carbocycles. The molecular formula is C52H33N3OS. The van der Waals surface area contributed by atoms with E-state index in [1.54, 1.807) is 11.3 Å². The van der Waals surface area contributed by atoms with Crippen molar-refractivity contribution in [3.8, 4) is 56.8 Å². The van der Waals surface area contributed by atoms with Crippen molar-refractivity contribution in [1.29, 1.82) is 0 Å². The summed E-state index contributed by atoms with van der Waals surface area (Å²) in [5.74, 6) is 3.75. The Labute approximate surface area is 334 Å². The average molecular weight is 748 g/mol. The van der Waals surface area contributed by atoms with Gasteiger partial charge >= 0.3 is 0 Å². The molecule has 3 aliphatic rings. The first kappa shape index (κ1) is 32.3. The van der Waals surface area contributed by atoms with Crippen molar-refractivity contribution >= 4 is 37.1 Å². The van der Waals surface area contributed by atoms with Gasteiger partial charge in [-0.3, -0.25) is 0 Å². The third kappa shape index (κ3) is 4.82. The second-order valence-electron chi connectivity index (χ2n) is 15.0. The number of allylic oxidation sites excluding steroid dienone is 4. The Morgan fingerprint density at radius 1 is 0.491 bits per heavy atom. The number of hydrogen-bond acceptors (Lipinski definition) is 5. The predicted molar refractivity (Wildman–Crippen MR) is 233 cm³/mol. The first-order valence-corrected chi connectivity index (χ1v) is 20.3. The van der Waals surface area contributed by atoms with Gasteiger partial charge in [-0.2, -0.15) is 0 Å². The monoisotopic (exact) mass is 747 g/mol. The summed E-state index contributed by atoms with van der Waals surface area (Å²) < 4.78 is 9.46. The van der Waals surface area contributed by atoms with Gasteiger partial charge in [0.2, 0.25) is 0 Å². The van der Waals surface area contributed by atoms with E-state index in [0.29, 0.717) is 17.5 Å². The van der Waals surface area contributed by atoms with Crippen LogP contribution in [0.4, 0.5) is 0 Å². The Bertz CT molecular complexity index is 3160. The van der Waals surface area contributed by atoms with Crippen LogP contribution in [0.3, 0.4) is 0 Å². The lowest BCUT2D eigenvalue weighted by Gasteiger charge is -2.41. The lowest BCUT2D eigenvalue weighted by atomic mass is 9.63. The summed E-state index contributed by atoms with van der Waals surface area (Å²) in [6, 6.07) is 58.1. The summed E-state index contributed by atoms with van der Waals surface area (Å²) in [4.78, 5) is 15.2. The third-order valence-electron chi connectivity index (χ3n) is 11.9. The highest BCUT2D eigenvalue weighted by Gasteiger charge is 2.52. The molecule has 0 saturated carbocycles.